The first-order chi connectivity index (χ1) is 9.59. The van der Waals surface area contributed by atoms with Crippen molar-refractivity contribution < 1.29 is 21.9 Å². The smallest absolute Gasteiger partial charge is 0.177 e. The second kappa shape index (κ2) is 5.58. The van der Waals surface area contributed by atoms with E-state index in [-0.39, 0.29) is 9.79 Å². The number of sulfone groups is 2. The maximum Gasteiger partial charge on any atom is 0.177 e. The van der Waals surface area contributed by atoms with Crippen molar-refractivity contribution in [3.05, 3.63) is 18.2 Å². The van der Waals surface area contributed by atoms with Gasteiger partial charge in [-0.15, -0.1) is 0 Å². The zero-order valence-electron chi connectivity index (χ0n) is 12.0. The minimum atomic E-state index is -3.57. The summed E-state index contributed by atoms with van der Waals surface area (Å²) in [4.78, 5) is 1.75. The summed E-state index contributed by atoms with van der Waals surface area (Å²) in [5.74, 6) is 0. The van der Waals surface area contributed by atoms with Gasteiger partial charge in [-0.2, -0.15) is 0 Å². The van der Waals surface area contributed by atoms with E-state index < -0.39 is 25.8 Å². The van der Waals surface area contributed by atoms with E-state index in [1.54, 1.807) is 4.90 Å². The predicted octanol–water partition coefficient (Wildman–Crippen LogP) is 0.455. The molecule has 1 aliphatic rings. The van der Waals surface area contributed by atoms with Crippen LogP contribution in [-0.4, -0.2) is 53.6 Å². The summed E-state index contributed by atoms with van der Waals surface area (Å²) in [6.45, 7) is 0.985. The first-order valence-electron chi connectivity index (χ1n) is 6.56. The fraction of sp³-hybridized carbons (Fsp3) is 0.538. The summed E-state index contributed by atoms with van der Waals surface area (Å²) < 4.78 is 47.2. The molecule has 0 radical (unpaired) electrons. The first-order valence-corrected chi connectivity index (χ1v) is 10.3. The van der Waals surface area contributed by atoms with Crippen molar-refractivity contribution in [1.82, 2.24) is 0 Å². The fourth-order valence-electron chi connectivity index (χ4n) is 2.46. The number of aliphatic hydroxyl groups excluding tert-OH is 1. The fourth-order valence-corrected chi connectivity index (χ4v) is 4.10. The van der Waals surface area contributed by atoms with Gasteiger partial charge in [0.05, 0.1) is 21.6 Å². The van der Waals surface area contributed by atoms with E-state index in [9.17, 15) is 21.9 Å². The predicted molar refractivity (Wildman–Crippen MR) is 80.1 cm³/mol. The number of rotatable bonds is 3. The molecule has 8 heteroatoms. The van der Waals surface area contributed by atoms with Crippen molar-refractivity contribution in [3.63, 3.8) is 0 Å². The van der Waals surface area contributed by atoms with E-state index in [2.05, 4.69) is 0 Å². The van der Waals surface area contributed by atoms with Gasteiger partial charge in [-0.05, 0) is 31.0 Å². The Morgan fingerprint density at radius 1 is 1.14 bits per heavy atom. The second-order valence-electron chi connectivity index (χ2n) is 5.42. The molecule has 6 nitrogen and oxygen atoms in total. The highest BCUT2D eigenvalue weighted by atomic mass is 32.2. The molecule has 0 amide bonds. The zero-order chi connectivity index (χ0) is 15.8. The van der Waals surface area contributed by atoms with Crippen LogP contribution in [0.4, 0.5) is 5.69 Å². The summed E-state index contributed by atoms with van der Waals surface area (Å²) in [7, 11) is -7.05. The van der Waals surface area contributed by atoms with Crippen molar-refractivity contribution in [2.24, 2.45) is 0 Å². The van der Waals surface area contributed by atoms with Gasteiger partial charge in [-0.3, -0.25) is 0 Å². The SMILES string of the molecule is CS(=O)(=O)c1ccc(N2CCC[C@H](O)C2)c(S(C)(=O)=O)c1. The van der Waals surface area contributed by atoms with Crippen LogP contribution in [0.5, 0.6) is 0 Å². The molecule has 1 N–H and O–H groups in total. The minimum absolute atomic E-state index is 0.0143. The number of nitrogens with zero attached hydrogens (tertiary/aromatic N) is 1. The van der Waals surface area contributed by atoms with Gasteiger partial charge in [0.2, 0.25) is 0 Å². The molecule has 0 aromatic heterocycles. The molecule has 0 spiro atoms. The number of β-amino-alcohol motifs (C(OH)–C–C–N with tert-alkyl or cyclic N) is 1. The van der Waals surface area contributed by atoms with Gasteiger partial charge in [0, 0.05) is 25.6 Å². The Morgan fingerprint density at radius 3 is 2.33 bits per heavy atom. The van der Waals surface area contributed by atoms with Crippen LogP contribution in [0.3, 0.4) is 0 Å². The van der Waals surface area contributed by atoms with Crippen molar-refractivity contribution in [2.45, 2.75) is 28.7 Å². The molecular formula is C13H19NO5S2. The van der Waals surface area contributed by atoms with Crippen molar-refractivity contribution >= 4 is 25.4 Å². The summed E-state index contributed by atoms with van der Waals surface area (Å²) in [5.41, 5.74) is 0.448. The van der Waals surface area contributed by atoms with Crippen LogP contribution in [0, 0.1) is 0 Å². The summed E-state index contributed by atoms with van der Waals surface area (Å²) in [6.07, 6.45) is 3.04. The lowest BCUT2D eigenvalue weighted by molar-refractivity contribution is 0.154. The zero-order valence-corrected chi connectivity index (χ0v) is 13.6. The van der Waals surface area contributed by atoms with Crippen molar-refractivity contribution in [2.75, 3.05) is 30.5 Å². The van der Waals surface area contributed by atoms with Gasteiger partial charge >= 0.3 is 0 Å². The van der Waals surface area contributed by atoms with Gasteiger partial charge in [-0.25, -0.2) is 16.8 Å². The maximum atomic E-state index is 12.0. The van der Waals surface area contributed by atoms with Crippen LogP contribution in [-0.2, 0) is 19.7 Å². The molecule has 1 atom stereocenters. The molecule has 0 unspecified atom stereocenters. The standard InChI is InChI=1S/C13H19NO5S2/c1-20(16,17)11-5-6-12(13(8-11)21(2,18)19)14-7-3-4-10(15)9-14/h5-6,8,10,15H,3-4,7,9H2,1-2H3/t10-/m0/s1. The van der Waals surface area contributed by atoms with Gasteiger partial charge in [0.1, 0.15) is 0 Å². The molecule has 0 saturated carbocycles. The van der Waals surface area contributed by atoms with Gasteiger partial charge in [-0.1, -0.05) is 0 Å². The van der Waals surface area contributed by atoms with Gasteiger partial charge in [0.15, 0.2) is 19.7 Å². The molecule has 0 bridgehead atoms. The number of piperidine rings is 1. The number of hydrogen-bond acceptors (Lipinski definition) is 6. The highest BCUT2D eigenvalue weighted by Gasteiger charge is 2.24. The van der Waals surface area contributed by atoms with Gasteiger partial charge < -0.3 is 10.0 Å². The molecule has 1 saturated heterocycles. The Kier molecular flexibility index (Phi) is 4.32. The minimum Gasteiger partial charge on any atom is -0.391 e. The Morgan fingerprint density at radius 2 is 1.81 bits per heavy atom. The van der Waals surface area contributed by atoms with Crippen LogP contribution in [0.1, 0.15) is 12.8 Å². The molecule has 2 rings (SSSR count). The quantitative estimate of drug-likeness (QED) is 0.864. The van der Waals surface area contributed by atoms with Crippen molar-refractivity contribution in [1.29, 1.82) is 0 Å². The third kappa shape index (κ3) is 3.75. The monoisotopic (exact) mass is 333 g/mol. The summed E-state index contributed by atoms with van der Waals surface area (Å²) in [5, 5.41) is 9.73. The lowest BCUT2D eigenvalue weighted by atomic mass is 10.1. The van der Waals surface area contributed by atoms with Crippen LogP contribution in [0.25, 0.3) is 0 Å². The van der Waals surface area contributed by atoms with E-state index in [1.807, 2.05) is 0 Å². The van der Waals surface area contributed by atoms with Crippen molar-refractivity contribution in [3.8, 4) is 0 Å². The summed E-state index contributed by atoms with van der Waals surface area (Å²) in [6, 6.07) is 4.10. The van der Waals surface area contributed by atoms with Crippen LogP contribution < -0.4 is 4.90 Å². The average molecular weight is 333 g/mol. The normalized spacial score (nSPS) is 20.5. The molecule has 1 aromatic rings. The highest BCUT2D eigenvalue weighted by molar-refractivity contribution is 7.91. The van der Waals surface area contributed by atoms with E-state index >= 15 is 0 Å². The van der Waals surface area contributed by atoms with Crippen LogP contribution in [0.15, 0.2) is 28.0 Å². The lowest BCUT2D eigenvalue weighted by Crippen LogP contribution is -2.38. The lowest BCUT2D eigenvalue weighted by Gasteiger charge is -2.33. The largest absolute Gasteiger partial charge is 0.391 e. The topological polar surface area (TPSA) is 91.8 Å². The third-order valence-corrected chi connectivity index (χ3v) is 5.73. The second-order valence-corrected chi connectivity index (χ2v) is 9.42. The molecule has 1 heterocycles. The van der Waals surface area contributed by atoms with E-state index in [0.717, 1.165) is 18.9 Å². The van der Waals surface area contributed by atoms with E-state index in [4.69, 9.17) is 0 Å². The summed E-state index contributed by atoms with van der Waals surface area (Å²) >= 11 is 0. The molecule has 0 aliphatic carbocycles. The molecule has 21 heavy (non-hydrogen) atoms. The first kappa shape index (κ1) is 16.3. The molecule has 1 aliphatic heterocycles. The number of benzene rings is 1. The highest BCUT2D eigenvalue weighted by Crippen LogP contribution is 2.30. The number of aliphatic hydroxyl groups is 1. The number of hydrogen-bond donors (Lipinski definition) is 1. The Hall–Kier alpha value is -1.12. The molecule has 118 valence electrons. The molecular weight excluding hydrogens is 314 g/mol. The Bertz CT molecular complexity index is 740. The number of anilines is 1. The van der Waals surface area contributed by atoms with Crippen LogP contribution in [0.2, 0.25) is 0 Å². The third-order valence-electron chi connectivity index (χ3n) is 3.50. The maximum absolute atomic E-state index is 12.0. The van der Waals surface area contributed by atoms with Crippen LogP contribution >= 0.6 is 0 Å². The van der Waals surface area contributed by atoms with E-state index in [1.165, 1.54) is 18.2 Å². The Balaban J connectivity index is 2.56. The van der Waals surface area contributed by atoms with Gasteiger partial charge in [0.25, 0.3) is 0 Å². The average Bonchev–Trinajstić information content (AvgIpc) is 2.36. The molecule has 1 aromatic carbocycles. The Labute approximate surface area is 125 Å². The molecule has 1 fully saturated rings. The van der Waals surface area contributed by atoms with E-state index in [0.29, 0.717) is 25.2 Å².